The number of aliphatic carboxylic acids is 2. The highest BCUT2D eigenvalue weighted by atomic mass is 32.2. The molecule has 0 radical (unpaired) electrons. The van der Waals surface area contributed by atoms with Gasteiger partial charge in [-0.25, -0.2) is 0 Å². The Morgan fingerprint density at radius 1 is 1.12 bits per heavy atom. The van der Waals surface area contributed by atoms with Gasteiger partial charge in [-0.15, -0.1) is 11.8 Å². The summed E-state index contributed by atoms with van der Waals surface area (Å²) < 4.78 is 12.4. The Balaban J connectivity index is 1.93. The highest BCUT2D eigenvalue weighted by Gasteiger charge is 2.54. The molecule has 1 aromatic carbocycles. The summed E-state index contributed by atoms with van der Waals surface area (Å²) in [7, 11) is 0. The van der Waals surface area contributed by atoms with E-state index in [-0.39, 0.29) is 23.7 Å². The van der Waals surface area contributed by atoms with Crippen molar-refractivity contribution < 1.29 is 29.3 Å². The number of hydrogen-bond donors (Lipinski definition) is 2. The van der Waals surface area contributed by atoms with E-state index < -0.39 is 16.9 Å². The Labute approximate surface area is 212 Å². The zero-order chi connectivity index (χ0) is 25.0. The first-order valence-corrected chi connectivity index (χ1v) is 14.4. The molecule has 6 nitrogen and oxygen atoms in total. The number of aryl methyl sites for hydroxylation is 1. The van der Waals surface area contributed by atoms with E-state index in [0.717, 1.165) is 49.4 Å². The summed E-state index contributed by atoms with van der Waals surface area (Å²) in [4.78, 5) is 21.8. The second-order valence-electron chi connectivity index (χ2n) is 8.85. The van der Waals surface area contributed by atoms with Crippen LogP contribution in [-0.2, 0) is 20.7 Å². The molecule has 2 N–H and O–H groups in total. The first kappa shape index (κ1) is 28.9. The van der Waals surface area contributed by atoms with Crippen molar-refractivity contribution in [1.29, 1.82) is 0 Å². The topological polar surface area (TPSA) is 93.1 Å². The molecule has 2 rings (SSSR count). The second-order valence-corrected chi connectivity index (χ2v) is 11.7. The number of para-hydroxylation sites is 1. The van der Waals surface area contributed by atoms with Gasteiger partial charge < -0.3 is 19.7 Å². The molecule has 2 atom stereocenters. The van der Waals surface area contributed by atoms with Crippen LogP contribution in [0, 0.1) is 0 Å². The molecule has 0 bridgehead atoms. The van der Waals surface area contributed by atoms with Gasteiger partial charge in [0, 0.05) is 18.6 Å². The van der Waals surface area contributed by atoms with Gasteiger partial charge in [0.05, 0.1) is 17.5 Å². The number of carboxylic acids is 2. The van der Waals surface area contributed by atoms with E-state index in [1.165, 1.54) is 5.56 Å². The molecular weight excluding hydrogens is 472 g/mol. The van der Waals surface area contributed by atoms with E-state index in [0.29, 0.717) is 19.4 Å². The Bertz CT molecular complexity index is 768. The fourth-order valence-electron chi connectivity index (χ4n) is 4.45. The molecule has 0 saturated carbocycles. The van der Waals surface area contributed by atoms with Gasteiger partial charge in [0.25, 0.3) is 0 Å². The maximum atomic E-state index is 11.3. The van der Waals surface area contributed by atoms with Crippen LogP contribution in [0.2, 0.25) is 0 Å². The van der Waals surface area contributed by atoms with Crippen LogP contribution in [0.1, 0.15) is 77.7 Å². The quantitative estimate of drug-likeness (QED) is 0.236. The number of carbonyl (C=O) groups is 2. The Morgan fingerprint density at radius 2 is 1.79 bits per heavy atom. The van der Waals surface area contributed by atoms with Gasteiger partial charge >= 0.3 is 11.9 Å². The molecule has 1 heterocycles. The number of ether oxygens (including phenoxy) is 2. The normalized spacial score (nSPS) is 21.4. The third-order valence-corrected chi connectivity index (χ3v) is 9.73. The molecule has 1 aliphatic rings. The second kappa shape index (κ2) is 14.2. The summed E-state index contributed by atoms with van der Waals surface area (Å²) in [6.45, 7) is 7.09. The number of thioether (sulfide) groups is 2. The van der Waals surface area contributed by atoms with Gasteiger partial charge in [-0.2, -0.15) is 11.8 Å². The average Bonchev–Trinajstić information content (AvgIpc) is 3.14. The Hall–Kier alpha value is -1.38. The molecule has 192 valence electrons. The number of carboxylic acid groups (broad SMARTS) is 2. The predicted octanol–water partition coefficient (Wildman–Crippen LogP) is 6.26. The van der Waals surface area contributed by atoms with Crippen molar-refractivity contribution in [2.45, 2.75) is 94.3 Å². The molecule has 1 aromatic rings. The van der Waals surface area contributed by atoms with Gasteiger partial charge in [0.15, 0.2) is 0 Å². The summed E-state index contributed by atoms with van der Waals surface area (Å²) in [6.07, 6.45) is 5.36. The van der Waals surface area contributed by atoms with E-state index in [9.17, 15) is 19.8 Å². The van der Waals surface area contributed by atoms with Gasteiger partial charge in [-0.1, -0.05) is 45.4 Å². The average molecular weight is 513 g/mol. The zero-order valence-electron chi connectivity index (χ0n) is 20.7. The maximum Gasteiger partial charge on any atom is 0.303 e. The van der Waals surface area contributed by atoms with Crippen LogP contribution in [0.3, 0.4) is 0 Å². The summed E-state index contributed by atoms with van der Waals surface area (Å²) in [5.41, 5.74) is 1.26. The summed E-state index contributed by atoms with van der Waals surface area (Å²) in [6, 6.07) is 8.23. The Morgan fingerprint density at radius 3 is 2.38 bits per heavy atom. The minimum atomic E-state index is -0.879. The molecule has 0 spiro atoms. The first-order chi connectivity index (χ1) is 16.3. The van der Waals surface area contributed by atoms with E-state index in [1.807, 2.05) is 23.9 Å². The fourth-order valence-corrected chi connectivity index (χ4v) is 7.95. The van der Waals surface area contributed by atoms with E-state index in [1.54, 1.807) is 11.8 Å². The summed E-state index contributed by atoms with van der Waals surface area (Å²) >= 11 is 3.57. The molecular formula is C26H40O6S2. The van der Waals surface area contributed by atoms with Crippen LogP contribution < -0.4 is 4.74 Å². The SMILES string of the molecule is CCCc1ccccc1OCCCSCC1(CC)SC(CCC(=O)O)(CCC(=O)O)OC1CC. The van der Waals surface area contributed by atoms with E-state index in [2.05, 4.69) is 32.9 Å². The lowest BCUT2D eigenvalue weighted by Gasteiger charge is -2.32. The number of rotatable bonds is 17. The van der Waals surface area contributed by atoms with Gasteiger partial charge in [-0.05, 0) is 55.9 Å². The van der Waals surface area contributed by atoms with Crippen molar-refractivity contribution in [3.05, 3.63) is 29.8 Å². The van der Waals surface area contributed by atoms with Crippen molar-refractivity contribution in [3.63, 3.8) is 0 Å². The molecule has 1 saturated heterocycles. The van der Waals surface area contributed by atoms with E-state index in [4.69, 9.17) is 9.47 Å². The third kappa shape index (κ3) is 8.38. The van der Waals surface area contributed by atoms with Crippen LogP contribution in [0.25, 0.3) is 0 Å². The van der Waals surface area contributed by atoms with Crippen LogP contribution >= 0.6 is 23.5 Å². The smallest absolute Gasteiger partial charge is 0.303 e. The molecule has 2 unspecified atom stereocenters. The lowest BCUT2D eigenvalue weighted by Crippen LogP contribution is -2.37. The van der Waals surface area contributed by atoms with Gasteiger partial charge in [-0.3, -0.25) is 9.59 Å². The highest BCUT2D eigenvalue weighted by molar-refractivity contribution is 8.04. The van der Waals surface area contributed by atoms with Crippen molar-refractivity contribution in [2.75, 3.05) is 18.1 Å². The van der Waals surface area contributed by atoms with Crippen LogP contribution in [0.5, 0.6) is 5.75 Å². The van der Waals surface area contributed by atoms with Crippen molar-refractivity contribution >= 4 is 35.5 Å². The first-order valence-electron chi connectivity index (χ1n) is 12.4. The minimum absolute atomic E-state index is 0.0187. The summed E-state index contributed by atoms with van der Waals surface area (Å²) in [5.74, 6) is 1.07. The molecule has 34 heavy (non-hydrogen) atoms. The summed E-state index contributed by atoms with van der Waals surface area (Å²) in [5, 5.41) is 18.5. The molecule has 1 fully saturated rings. The molecule has 0 aromatic heterocycles. The molecule has 0 aliphatic carbocycles. The highest BCUT2D eigenvalue weighted by Crippen LogP contribution is 2.57. The number of hydrogen-bond acceptors (Lipinski definition) is 6. The molecule has 0 amide bonds. The standard InChI is InChI=1S/C26H40O6S2/c1-4-10-20-11-7-8-12-21(20)31-17-9-18-33-19-25(6-3)22(5-2)32-26(34-25,15-13-23(27)28)16-14-24(29)30/h7-8,11-12,22H,4-6,9-10,13-19H2,1-3H3,(H,27,28)(H,29,30). The Kier molecular flexibility index (Phi) is 12.1. The lowest BCUT2D eigenvalue weighted by molar-refractivity contribution is -0.139. The van der Waals surface area contributed by atoms with Gasteiger partial charge in [0.1, 0.15) is 10.7 Å². The fraction of sp³-hybridized carbons (Fsp3) is 0.692. The minimum Gasteiger partial charge on any atom is -0.493 e. The lowest BCUT2D eigenvalue weighted by atomic mass is 9.98. The van der Waals surface area contributed by atoms with Crippen molar-refractivity contribution in [2.24, 2.45) is 0 Å². The van der Waals surface area contributed by atoms with Crippen LogP contribution in [-0.4, -0.2) is 56.0 Å². The molecule has 8 heteroatoms. The largest absolute Gasteiger partial charge is 0.493 e. The van der Waals surface area contributed by atoms with Crippen LogP contribution in [0.15, 0.2) is 24.3 Å². The van der Waals surface area contributed by atoms with Crippen molar-refractivity contribution in [3.8, 4) is 5.75 Å². The van der Waals surface area contributed by atoms with Crippen LogP contribution in [0.4, 0.5) is 0 Å². The zero-order valence-corrected chi connectivity index (χ0v) is 22.3. The predicted molar refractivity (Wildman–Crippen MR) is 140 cm³/mol. The maximum absolute atomic E-state index is 11.3. The number of benzene rings is 1. The third-order valence-electron chi connectivity index (χ3n) is 6.27. The monoisotopic (exact) mass is 512 g/mol. The van der Waals surface area contributed by atoms with Crippen molar-refractivity contribution in [1.82, 2.24) is 0 Å². The van der Waals surface area contributed by atoms with Gasteiger partial charge in [0.2, 0.25) is 0 Å². The van der Waals surface area contributed by atoms with E-state index >= 15 is 0 Å². The molecule has 1 aliphatic heterocycles.